The standard InChI is InChI=1S/C30H43N7O3/c1-6-23-28(39)35(4)24-18-31-29(33-26(24)37(23)21-11-7-8-12-21)32-22-14-13-20(17-25(22)40-5)27(38)34-30(2,3)19-36-15-9-10-16-36/h13-14,17-18,21,23H,6-12,15-16,19H2,1-5H3,(H,34,38)(H,31,32,33)/t23-/m1/s1. The molecule has 1 atom stereocenters. The van der Waals surface area contributed by atoms with Crippen molar-refractivity contribution in [1.82, 2.24) is 20.2 Å². The number of hydrogen-bond acceptors (Lipinski definition) is 8. The number of likely N-dealkylation sites (tertiary alicyclic amines) is 1. The molecule has 2 aliphatic heterocycles. The van der Waals surface area contributed by atoms with Crippen molar-refractivity contribution >= 4 is 35.0 Å². The molecule has 5 rings (SSSR count). The molecule has 1 aromatic carbocycles. The summed E-state index contributed by atoms with van der Waals surface area (Å²) in [6.07, 6.45) is 9.33. The average Bonchev–Trinajstić information content (AvgIpc) is 3.65. The molecule has 0 bridgehead atoms. The highest BCUT2D eigenvalue weighted by molar-refractivity contribution is 6.04. The Morgan fingerprint density at radius 3 is 2.55 bits per heavy atom. The van der Waals surface area contributed by atoms with Gasteiger partial charge >= 0.3 is 0 Å². The number of methoxy groups -OCH3 is 1. The fourth-order valence-electron chi connectivity index (χ4n) is 6.42. The van der Waals surface area contributed by atoms with Crippen LogP contribution >= 0.6 is 0 Å². The molecule has 3 aliphatic rings. The molecule has 2 amide bonds. The summed E-state index contributed by atoms with van der Waals surface area (Å²) < 4.78 is 5.66. The number of nitrogens with zero attached hydrogens (tertiary/aromatic N) is 5. The number of carbonyl (C=O) groups excluding carboxylic acids is 2. The van der Waals surface area contributed by atoms with Crippen LogP contribution in [0.2, 0.25) is 0 Å². The molecule has 1 aliphatic carbocycles. The summed E-state index contributed by atoms with van der Waals surface area (Å²) in [6.45, 7) is 9.17. The first-order valence-corrected chi connectivity index (χ1v) is 14.6. The molecule has 0 unspecified atom stereocenters. The minimum atomic E-state index is -0.349. The number of amides is 2. The van der Waals surface area contributed by atoms with Gasteiger partial charge in [-0.3, -0.25) is 9.59 Å². The van der Waals surface area contributed by atoms with E-state index in [-0.39, 0.29) is 23.4 Å². The maximum Gasteiger partial charge on any atom is 0.251 e. The first-order valence-electron chi connectivity index (χ1n) is 14.6. The van der Waals surface area contributed by atoms with Gasteiger partial charge in [-0.25, -0.2) is 4.98 Å². The number of carbonyl (C=O) groups is 2. The molecular weight excluding hydrogens is 506 g/mol. The molecule has 10 heteroatoms. The van der Waals surface area contributed by atoms with Gasteiger partial charge in [0.1, 0.15) is 17.5 Å². The molecule has 216 valence electrons. The van der Waals surface area contributed by atoms with Crippen molar-refractivity contribution in [3.63, 3.8) is 0 Å². The lowest BCUT2D eigenvalue weighted by Crippen LogP contribution is -2.55. The van der Waals surface area contributed by atoms with E-state index in [1.54, 1.807) is 37.4 Å². The third-order valence-electron chi connectivity index (χ3n) is 8.39. The van der Waals surface area contributed by atoms with Crippen LogP contribution < -0.4 is 25.2 Å². The number of likely N-dealkylation sites (N-methyl/N-ethyl adjacent to an activating group) is 1. The third-order valence-corrected chi connectivity index (χ3v) is 8.39. The van der Waals surface area contributed by atoms with Gasteiger partial charge in [-0.2, -0.15) is 4.98 Å². The van der Waals surface area contributed by atoms with Crippen molar-refractivity contribution < 1.29 is 14.3 Å². The van der Waals surface area contributed by atoms with E-state index in [1.807, 2.05) is 6.07 Å². The zero-order valence-electron chi connectivity index (χ0n) is 24.5. The van der Waals surface area contributed by atoms with E-state index in [4.69, 9.17) is 9.72 Å². The van der Waals surface area contributed by atoms with Gasteiger partial charge in [-0.15, -0.1) is 0 Å². The summed E-state index contributed by atoms with van der Waals surface area (Å²) >= 11 is 0. The smallest absolute Gasteiger partial charge is 0.251 e. The second-order valence-corrected chi connectivity index (χ2v) is 11.9. The van der Waals surface area contributed by atoms with E-state index in [1.165, 1.54) is 25.7 Å². The highest BCUT2D eigenvalue weighted by Gasteiger charge is 2.41. The molecule has 1 saturated heterocycles. The van der Waals surface area contributed by atoms with Gasteiger partial charge in [0.25, 0.3) is 5.91 Å². The molecule has 1 saturated carbocycles. The minimum absolute atomic E-state index is 0.0883. The zero-order chi connectivity index (χ0) is 28.4. The van der Waals surface area contributed by atoms with E-state index in [0.29, 0.717) is 29.0 Å². The summed E-state index contributed by atoms with van der Waals surface area (Å²) in [6, 6.07) is 5.42. The summed E-state index contributed by atoms with van der Waals surface area (Å²) in [5, 5.41) is 6.47. The molecule has 40 heavy (non-hydrogen) atoms. The van der Waals surface area contributed by atoms with Gasteiger partial charge in [0.2, 0.25) is 11.9 Å². The fourth-order valence-corrected chi connectivity index (χ4v) is 6.42. The molecule has 2 fully saturated rings. The Kier molecular flexibility index (Phi) is 8.16. The van der Waals surface area contributed by atoms with Gasteiger partial charge < -0.3 is 30.1 Å². The van der Waals surface area contributed by atoms with E-state index in [2.05, 4.69) is 46.2 Å². The topological polar surface area (TPSA) is 103 Å². The highest BCUT2D eigenvalue weighted by atomic mass is 16.5. The van der Waals surface area contributed by atoms with Gasteiger partial charge in [0.05, 0.1) is 19.0 Å². The lowest BCUT2D eigenvalue weighted by atomic mass is 10.0. The van der Waals surface area contributed by atoms with Crippen LogP contribution in [-0.2, 0) is 4.79 Å². The largest absolute Gasteiger partial charge is 0.495 e. The van der Waals surface area contributed by atoms with E-state index < -0.39 is 0 Å². The van der Waals surface area contributed by atoms with Crippen molar-refractivity contribution in [2.45, 2.75) is 83.3 Å². The lowest BCUT2D eigenvalue weighted by molar-refractivity contribution is -0.120. The minimum Gasteiger partial charge on any atom is -0.495 e. The van der Waals surface area contributed by atoms with E-state index in [0.717, 1.165) is 50.4 Å². The Balaban J connectivity index is 1.36. The van der Waals surface area contributed by atoms with E-state index in [9.17, 15) is 9.59 Å². The predicted octanol–water partition coefficient (Wildman–Crippen LogP) is 4.34. The molecule has 2 N–H and O–H groups in total. The molecule has 2 aromatic rings. The molecule has 0 spiro atoms. The van der Waals surface area contributed by atoms with Gasteiger partial charge in [-0.05, 0) is 77.2 Å². The quantitative estimate of drug-likeness (QED) is 0.476. The molecule has 10 nitrogen and oxygen atoms in total. The number of fused-ring (bicyclic) bond motifs is 1. The number of rotatable bonds is 9. The van der Waals surface area contributed by atoms with Gasteiger partial charge in [-0.1, -0.05) is 19.8 Å². The SMILES string of the molecule is CC[C@@H]1C(=O)N(C)c2cnc(Nc3ccc(C(=O)NC(C)(C)CN4CCCC4)cc3OC)nc2N1C1CCCC1. The first-order chi connectivity index (χ1) is 19.2. The van der Waals surface area contributed by atoms with Crippen LogP contribution in [0.15, 0.2) is 24.4 Å². The molecule has 1 aromatic heterocycles. The van der Waals surface area contributed by atoms with Crippen molar-refractivity contribution in [2.24, 2.45) is 0 Å². The Morgan fingerprint density at radius 1 is 1.15 bits per heavy atom. The number of aromatic nitrogens is 2. The zero-order valence-corrected chi connectivity index (χ0v) is 24.5. The second-order valence-electron chi connectivity index (χ2n) is 11.9. The summed E-state index contributed by atoms with van der Waals surface area (Å²) in [4.78, 5) is 42.1. The number of ether oxygens (including phenoxy) is 1. The monoisotopic (exact) mass is 549 g/mol. The Bertz CT molecular complexity index is 1240. The van der Waals surface area contributed by atoms with Crippen molar-refractivity contribution in [1.29, 1.82) is 0 Å². The average molecular weight is 550 g/mol. The van der Waals surface area contributed by atoms with Crippen molar-refractivity contribution in [3.8, 4) is 5.75 Å². The Morgan fingerprint density at radius 2 is 1.88 bits per heavy atom. The number of nitrogens with one attached hydrogen (secondary N) is 2. The van der Waals surface area contributed by atoms with Crippen LogP contribution in [0.25, 0.3) is 0 Å². The van der Waals surface area contributed by atoms with E-state index >= 15 is 0 Å². The van der Waals surface area contributed by atoms with Gasteiger partial charge in [0, 0.05) is 30.7 Å². The Labute approximate surface area is 237 Å². The summed E-state index contributed by atoms with van der Waals surface area (Å²) in [7, 11) is 3.38. The Hall–Kier alpha value is -3.40. The van der Waals surface area contributed by atoms with Crippen LogP contribution in [0.5, 0.6) is 5.75 Å². The molecule has 0 radical (unpaired) electrons. The number of hydrogen-bond donors (Lipinski definition) is 2. The van der Waals surface area contributed by atoms with Crippen LogP contribution in [0.3, 0.4) is 0 Å². The van der Waals surface area contributed by atoms with Crippen LogP contribution in [-0.4, -0.2) is 78.1 Å². The van der Waals surface area contributed by atoms with Crippen molar-refractivity contribution in [2.75, 3.05) is 48.9 Å². The second kappa shape index (κ2) is 11.6. The van der Waals surface area contributed by atoms with Crippen LogP contribution in [0.4, 0.5) is 23.1 Å². The highest BCUT2D eigenvalue weighted by Crippen LogP contribution is 2.40. The fraction of sp³-hybridized carbons (Fsp3) is 0.600. The van der Waals surface area contributed by atoms with Crippen LogP contribution in [0, 0.1) is 0 Å². The summed E-state index contributed by atoms with van der Waals surface area (Å²) in [5.41, 5.74) is 1.57. The third kappa shape index (κ3) is 5.73. The molecular formula is C30H43N7O3. The van der Waals surface area contributed by atoms with Crippen LogP contribution in [0.1, 0.15) is 76.1 Å². The summed E-state index contributed by atoms with van der Waals surface area (Å²) in [5.74, 6) is 1.68. The maximum atomic E-state index is 13.2. The lowest BCUT2D eigenvalue weighted by Gasteiger charge is -2.43. The number of anilines is 4. The predicted molar refractivity (Wildman–Crippen MR) is 158 cm³/mol. The number of benzene rings is 1. The van der Waals surface area contributed by atoms with Gasteiger partial charge in [0.15, 0.2) is 5.82 Å². The van der Waals surface area contributed by atoms with Crippen molar-refractivity contribution in [3.05, 3.63) is 30.0 Å². The normalized spacial score (nSPS) is 20.1. The molecule has 3 heterocycles. The maximum absolute atomic E-state index is 13.2. The first kappa shape index (κ1) is 28.1.